The molecule has 2 aromatic rings. The van der Waals surface area contributed by atoms with Crippen LogP contribution in [0.3, 0.4) is 0 Å². The zero-order valence-electron chi connectivity index (χ0n) is 24.2. The van der Waals surface area contributed by atoms with Crippen molar-refractivity contribution < 1.29 is 24.2 Å². The topological polar surface area (TPSA) is 103 Å². The first-order valence-corrected chi connectivity index (χ1v) is 14.4. The van der Waals surface area contributed by atoms with Gasteiger partial charge in [-0.2, -0.15) is 0 Å². The fraction of sp³-hybridized carbons (Fsp3) is 0.548. The van der Waals surface area contributed by atoms with Crippen LogP contribution in [0, 0.1) is 11.8 Å². The third-order valence-electron chi connectivity index (χ3n) is 8.06. The molecule has 0 bridgehead atoms. The molecular weight excluding hydrogens is 508 g/mol. The largest absolute Gasteiger partial charge is 0.497 e. The van der Waals surface area contributed by atoms with Gasteiger partial charge in [-0.05, 0) is 75.2 Å². The molecule has 1 heterocycles. The van der Waals surface area contributed by atoms with Gasteiger partial charge in [-0.15, -0.1) is 0 Å². The molecule has 1 saturated carbocycles. The number of urea groups is 1. The molecule has 3 atom stereocenters. The van der Waals surface area contributed by atoms with Crippen LogP contribution in [0.5, 0.6) is 11.5 Å². The molecule has 218 valence electrons. The molecular formula is C31H44N4O5. The van der Waals surface area contributed by atoms with Crippen LogP contribution >= 0.6 is 0 Å². The maximum atomic E-state index is 13.7. The van der Waals surface area contributed by atoms with Crippen molar-refractivity contribution in [1.29, 1.82) is 0 Å². The second-order valence-electron chi connectivity index (χ2n) is 11.4. The van der Waals surface area contributed by atoms with Crippen molar-refractivity contribution in [3.8, 4) is 11.5 Å². The smallest absolute Gasteiger partial charge is 0.323 e. The van der Waals surface area contributed by atoms with Gasteiger partial charge in [0.2, 0.25) is 0 Å². The van der Waals surface area contributed by atoms with Gasteiger partial charge in [0.25, 0.3) is 5.91 Å². The number of rotatable bonds is 9. The second-order valence-corrected chi connectivity index (χ2v) is 11.4. The predicted octanol–water partition coefficient (Wildman–Crippen LogP) is 5.07. The third-order valence-corrected chi connectivity index (χ3v) is 8.06. The van der Waals surface area contributed by atoms with E-state index in [4.69, 9.17) is 9.47 Å². The second kappa shape index (κ2) is 13.9. The van der Waals surface area contributed by atoms with Crippen LogP contribution in [0.15, 0.2) is 42.5 Å². The number of amides is 3. The Morgan fingerprint density at radius 2 is 1.77 bits per heavy atom. The summed E-state index contributed by atoms with van der Waals surface area (Å²) in [5.41, 5.74) is 1.45. The molecule has 0 radical (unpaired) electrons. The molecule has 3 N–H and O–H groups in total. The summed E-state index contributed by atoms with van der Waals surface area (Å²) in [6.45, 7) is 6.08. The maximum absolute atomic E-state index is 13.7. The first kappa shape index (κ1) is 29.7. The molecule has 3 amide bonds. The first-order valence-electron chi connectivity index (χ1n) is 14.4. The summed E-state index contributed by atoms with van der Waals surface area (Å²) in [5, 5.41) is 15.5. The van der Waals surface area contributed by atoms with E-state index in [-0.39, 0.29) is 30.6 Å². The average molecular weight is 553 g/mol. The van der Waals surface area contributed by atoms with Gasteiger partial charge >= 0.3 is 6.03 Å². The van der Waals surface area contributed by atoms with Gasteiger partial charge in [0.1, 0.15) is 17.6 Å². The van der Waals surface area contributed by atoms with E-state index >= 15 is 0 Å². The number of carbonyl (C=O) groups is 2. The molecule has 4 rings (SSSR count). The number of likely N-dealkylation sites (N-methyl/N-ethyl adjacent to an activating group) is 1. The molecule has 1 fully saturated rings. The molecule has 2 aromatic carbocycles. The number of fused-ring (bicyclic) bond motifs is 1. The molecule has 9 nitrogen and oxygen atoms in total. The van der Waals surface area contributed by atoms with Crippen LogP contribution < -0.4 is 20.1 Å². The summed E-state index contributed by atoms with van der Waals surface area (Å²) in [7, 11) is 3.74. The number of nitrogens with zero attached hydrogens (tertiary/aromatic N) is 2. The molecule has 0 spiro atoms. The Kier molecular flexibility index (Phi) is 10.3. The van der Waals surface area contributed by atoms with Crippen molar-refractivity contribution in [3.63, 3.8) is 0 Å². The molecule has 1 aliphatic heterocycles. The fourth-order valence-corrected chi connectivity index (χ4v) is 5.68. The van der Waals surface area contributed by atoms with E-state index in [1.807, 2.05) is 6.92 Å². The number of carbonyl (C=O) groups excluding carboxylic acids is 2. The summed E-state index contributed by atoms with van der Waals surface area (Å²) >= 11 is 0. The van der Waals surface area contributed by atoms with Gasteiger partial charge < -0.3 is 35.0 Å². The minimum absolute atomic E-state index is 0.0629. The summed E-state index contributed by atoms with van der Waals surface area (Å²) in [6.07, 6.45) is 6.40. The maximum Gasteiger partial charge on any atom is 0.323 e. The molecule has 0 unspecified atom stereocenters. The highest BCUT2D eigenvalue weighted by atomic mass is 16.5. The van der Waals surface area contributed by atoms with Crippen molar-refractivity contribution in [2.75, 3.05) is 51.0 Å². The number of aliphatic hydroxyl groups excluding tert-OH is 1. The molecule has 2 aliphatic rings. The number of nitrogens with one attached hydrogen (secondary N) is 2. The van der Waals surface area contributed by atoms with Crippen molar-refractivity contribution in [2.24, 2.45) is 11.8 Å². The van der Waals surface area contributed by atoms with E-state index in [9.17, 15) is 14.7 Å². The van der Waals surface area contributed by atoms with E-state index in [1.165, 1.54) is 32.1 Å². The Bertz CT molecular complexity index is 1140. The lowest BCUT2D eigenvalue weighted by atomic mass is 9.89. The summed E-state index contributed by atoms with van der Waals surface area (Å²) in [6, 6.07) is 11.4. The monoisotopic (exact) mass is 552 g/mol. The van der Waals surface area contributed by atoms with E-state index in [0.717, 1.165) is 19.0 Å². The molecule has 9 heteroatoms. The molecule has 1 aliphatic carbocycles. The molecule has 0 saturated heterocycles. The lowest BCUT2D eigenvalue weighted by molar-refractivity contribution is 0.0330. The number of methoxy groups -OCH3 is 1. The number of hydrogen-bond acceptors (Lipinski definition) is 6. The Labute approximate surface area is 237 Å². The zero-order chi connectivity index (χ0) is 28.6. The number of ether oxygens (including phenoxy) is 2. The van der Waals surface area contributed by atoms with Crippen molar-refractivity contribution in [3.05, 3.63) is 48.0 Å². The summed E-state index contributed by atoms with van der Waals surface area (Å²) < 4.78 is 11.7. The first-order chi connectivity index (χ1) is 19.3. The molecule has 0 aromatic heterocycles. The highest BCUT2D eigenvalue weighted by Crippen LogP contribution is 2.31. The van der Waals surface area contributed by atoms with Crippen molar-refractivity contribution in [2.45, 2.75) is 58.1 Å². The number of aliphatic hydroxyl groups is 1. The van der Waals surface area contributed by atoms with E-state index < -0.39 is 6.03 Å². The van der Waals surface area contributed by atoms with Crippen molar-refractivity contribution in [1.82, 2.24) is 9.80 Å². The Morgan fingerprint density at radius 1 is 1.10 bits per heavy atom. The van der Waals surface area contributed by atoms with Gasteiger partial charge in [-0.1, -0.05) is 26.2 Å². The molecule has 40 heavy (non-hydrogen) atoms. The van der Waals surface area contributed by atoms with Crippen molar-refractivity contribution >= 4 is 23.3 Å². The number of anilines is 2. The highest BCUT2D eigenvalue weighted by Gasteiger charge is 2.34. The fourth-order valence-electron chi connectivity index (χ4n) is 5.68. The lowest BCUT2D eigenvalue weighted by Crippen LogP contribution is -2.50. The SMILES string of the molecule is COc1ccc(NC(=O)Nc2ccc3c(c2)C(=O)N([C@@H](C)CO)C[C@@H](C)[C@H](CN(C)CC2CCCCC2)O3)cc1. The van der Waals surface area contributed by atoms with E-state index in [1.54, 1.807) is 54.5 Å². The third kappa shape index (κ3) is 7.67. The highest BCUT2D eigenvalue weighted by molar-refractivity contribution is 6.02. The Hall–Kier alpha value is -3.30. The van der Waals surface area contributed by atoms with Gasteiger partial charge in [-0.25, -0.2) is 4.79 Å². The van der Waals surface area contributed by atoms with Gasteiger partial charge in [0.05, 0.1) is 25.3 Å². The van der Waals surface area contributed by atoms with Crippen LogP contribution in [-0.4, -0.2) is 79.4 Å². The Morgan fingerprint density at radius 3 is 2.45 bits per heavy atom. The van der Waals surface area contributed by atoms with E-state index in [2.05, 4.69) is 29.5 Å². The minimum Gasteiger partial charge on any atom is -0.497 e. The quantitative estimate of drug-likeness (QED) is 0.401. The summed E-state index contributed by atoms with van der Waals surface area (Å²) in [5.74, 6) is 1.74. The van der Waals surface area contributed by atoms with Gasteiger partial charge in [-0.3, -0.25) is 4.79 Å². The van der Waals surface area contributed by atoms with Crippen LogP contribution in [0.4, 0.5) is 16.2 Å². The van der Waals surface area contributed by atoms with Crippen LogP contribution in [0.2, 0.25) is 0 Å². The van der Waals surface area contributed by atoms with E-state index in [0.29, 0.717) is 35.0 Å². The van der Waals surface area contributed by atoms with Crippen LogP contribution in [-0.2, 0) is 0 Å². The van der Waals surface area contributed by atoms with Crippen LogP contribution in [0.1, 0.15) is 56.3 Å². The average Bonchev–Trinajstić information content (AvgIpc) is 2.95. The predicted molar refractivity (Wildman–Crippen MR) is 157 cm³/mol. The lowest BCUT2D eigenvalue weighted by Gasteiger charge is -2.38. The van der Waals surface area contributed by atoms with Crippen LogP contribution in [0.25, 0.3) is 0 Å². The van der Waals surface area contributed by atoms with Gasteiger partial charge in [0.15, 0.2) is 0 Å². The summed E-state index contributed by atoms with van der Waals surface area (Å²) in [4.78, 5) is 30.5. The zero-order valence-corrected chi connectivity index (χ0v) is 24.2. The Balaban J connectivity index is 1.52. The van der Waals surface area contributed by atoms with Gasteiger partial charge in [0, 0.05) is 36.9 Å². The number of hydrogen-bond donors (Lipinski definition) is 3. The number of benzene rings is 2. The minimum atomic E-state index is -0.430. The normalized spacial score (nSPS) is 20.6. The standard InChI is InChI=1S/C31H44N4O5/c1-21-17-35(22(2)20-36)30(37)27-16-25(33-31(38)32-24-10-13-26(39-4)14-11-24)12-15-28(27)40-29(21)19-34(3)18-23-8-6-5-7-9-23/h10-16,21-23,29,36H,5-9,17-20H2,1-4H3,(H2,32,33,38)/t21-,22+,29+/m1/s1.